The van der Waals surface area contributed by atoms with Gasteiger partial charge < -0.3 is 14.4 Å². The van der Waals surface area contributed by atoms with Gasteiger partial charge in [0.05, 0.1) is 19.8 Å². The highest BCUT2D eigenvalue weighted by molar-refractivity contribution is 6.31. The van der Waals surface area contributed by atoms with Crippen LogP contribution in [0.4, 0.5) is 10.1 Å². The summed E-state index contributed by atoms with van der Waals surface area (Å²) < 4.78 is 26.0. The zero-order chi connectivity index (χ0) is 19.6. The summed E-state index contributed by atoms with van der Waals surface area (Å²) in [4.78, 5) is 16.4. The molecule has 0 aromatic heterocycles. The number of ether oxygens (including phenoxy) is 2. The van der Waals surface area contributed by atoms with Crippen LogP contribution in [-0.4, -0.2) is 55.9 Å². The first-order valence-corrected chi connectivity index (χ1v) is 9.66. The third-order valence-corrected chi connectivity index (χ3v) is 5.53. The minimum Gasteiger partial charge on any atom is -0.368 e. The maximum atomic E-state index is 14.2. The maximum Gasteiger partial charge on any atom is 0.253 e. The molecule has 2 aromatic carbocycles. The Morgan fingerprint density at radius 2 is 1.93 bits per heavy atom. The lowest BCUT2D eigenvalue weighted by atomic mass is 10.0. The molecule has 28 heavy (non-hydrogen) atoms. The molecule has 0 aliphatic carbocycles. The third kappa shape index (κ3) is 4.05. The van der Waals surface area contributed by atoms with Gasteiger partial charge >= 0.3 is 0 Å². The Balaban J connectivity index is 1.55. The van der Waals surface area contributed by atoms with Gasteiger partial charge in [-0.05, 0) is 24.3 Å². The number of para-hydroxylation sites is 1. The molecule has 1 amide bonds. The van der Waals surface area contributed by atoms with E-state index in [0.717, 1.165) is 5.69 Å². The summed E-state index contributed by atoms with van der Waals surface area (Å²) in [6, 6.07) is 14.2. The second-order valence-corrected chi connectivity index (χ2v) is 7.66. The molecule has 0 bridgehead atoms. The summed E-state index contributed by atoms with van der Waals surface area (Å²) >= 11 is 6.20. The number of amides is 1. The first kappa shape index (κ1) is 19.3. The molecular formula is C21H22ClFN2O3. The summed E-state index contributed by atoms with van der Waals surface area (Å²) in [6.45, 7) is 2.75. The van der Waals surface area contributed by atoms with E-state index in [2.05, 4.69) is 4.90 Å². The maximum absolute atomic E-state index is 14.2. The molecule has 1 unspecified atom stereocenters. The van der Waals surface area contributed by atoms with E-state index in [1.165, 1.54) is 6.07 Å². The number of rotatable bonds is 3. The van der Waals surface area contributed by atoms with Crippen LogP contribution in [-0.2, 0) is 20.8 Å². The van der Waals surface area contributed by atoms with Gasteiger partial charge in [-0.15, -0.1) is 0 Å². The van der Waals surface area contributed by atoms with E-state index in [1.807, 2.05) is 30.3 Å². The Hall–Kier alpha value is -1.99. The first-order chi connectivity index (χ1) is 13.6. The molecule has 1 atom stereocenters. The van der Waals surface area contributed by atoms with Crippen molar-refractivity contribution in [1.82, 2.24) is 4.90 Å². The van der Waals surface area contributed by atoms with Crippen LogP contribution in [0.1, 0.15) is 5.56 Å². The highest BCUT2D eigenvalue weighted by Gasteiger charge is 2.42. The van der Waals surface area contributed by atoms with Crippen molar-refractivity contribution in [3.63, 3.8) is 0 Å². The Kier molecular flexibility index (Phi) is 5.64. The summed E-state index contributed by atoms with van der Waals surface area (Å²) in [7, 11) is 0. The predicted molar refractivity (Wildman–Crippen MR) is 105 cm³/mol. The monoisotopic (exact) mass is 404 g/mol. The minimum atomic E-state index is -0.669. The van der Waals surface area contributed by atoms with E-state index >= 15 is 0 Å². The zero-order valence-electron chi connectivity index (χ0n) is 15.4. The van der Waals surface area contributed by atoms with Crippen molar-refractivity contribution in [1.29, 1.82) is 0 Å². The van der Waals surface area contributed by atoms with Gasteiger partial charge in [0.15, 0.2) is 0 Å². The molecule has 4 rings (SSSR count). The molecule has 7 heteroatoms. The second-order valence-electron chi connectivity index (χ2n) is 7.25. The van der Waals surface area contributed by atoms with Crippen LogP contribution in [0, 0.1) is 5.82 Å². The van der Waals surface area contributed by atoms with Crippen molar-refractivity contribution in [3.05, 3.63) is 64.9 Å². The number of benzene rings is 2. The number of morpholine rings is 1. The highest BCUT2D eigenvalue weighted by Crippen LogP contribution is 2.28. The lowest BCUT2D eigenvalue weighted by Crippen LogP contribution is -2.59. The predicted octanol–water partition coefficient (Wildman–Crippen LogP) is 3.11. The molecule has 0 N–H and O–H groups in total. The molecule has 2 saturated heterocycles. The Labute approximate surface area is 168 Å². The minimum absolute atomic E-state index is 0.0130. The van der Waals surface area contributed by atoms with E-state index in [1.54, 1.807) is 17.0 Å². The van der Waals surface area contributed by atoms with Crippen LogP contribution in [0.25, 0.3) is 0 Å². The fourth-order valence-electron chi connectivity index (χ4n) is 3.82. The molecule has 5 nitrogen and oxygen atoms in total. The van der Waals surface area contributed by atoms with Crippen molar-refractivity contribution >= 4 is 23.2 Å². The van der Waals surface area contributed by atoms with Gasteiger partial charge in [-0.1, -0.05) is 35.9 Å². The van der Waals surface area contributed by atoms with E-state index < -0.39 is 5.60 Å². The van der Waals surface area contributed by atoms with Crippen LogP contribution < -0.4 is 4.90 Å². The molecule has 148 valence electrons. The molecule has 1 spiro atoms. The number of hydrogen-bond acceptors (Lipinski definition) is 4. The fraction of sp³-hybridized carbons (Fsp3) is 0.381. The van der Waals surface area contributed by atoms with E-state index in [-0.39, 0.29) is 18.3 Å². The van der Waals surface area contributed by atoms with Crippen molar-refractivity contribution in [3.8, 4) is 0 Å². The number of anilines is 1. The van der Waals surface area contributed by atoms with Crippen LogP contribution in [0.2, 0.25) is 5.02 Å². The fourth-order valence-corrected chi connectivity index (χ4v) is 4.04. The van der Waals surface area contributed by atoms with Gasteiger partial charge in [-0.25, -0.2) is 4.39 Å². The van der Waals surface area contributed by atoms with Gasteiger partial charge in [-0.2, -0.15) is 0 Å². The summed E-state index contributed by atoms with van der Waals surface area (Å²) in [6.07, 6.45) is 0. The van der Waals surface area contributed by atoms with Crippen molar-refractivity contribution in [2.75, 3.05) is 44.4 Å². The second kappa shape index (κ2) is 8.17. The Morgan fingerprint density at radius 3 is 2.71 bits per heavy atom. The number of halogens is 2. The molecule has 2 aliphatic heterocycles. The molecular weight excluding hydrogens is 383 g/mol. The normalized spacial score (nSPS) is 23.8. The standard InChI is InChI=1S/C21H22ClFN2O3/c22-18-7-4-8-19(23)17(18)11-24-9-10-28-21(13-24)14-25(20(26)12-27-15-21)16-5-2-1-3-6-16/h1-8H,9-15H2. The van der Waals surface area contributed by atoms with Gasteiger partial charge in [0.25, 0.3) is 5.91 Å². The summed E-state index contributed by atoms with van der Waals surface area (Å²) in [5.74, 6) is -0.410. The lowest BCUT2D eigenvalue weighted by molar-refractivity contribution is -0.136. The molecule has 2 aliphatic rings. The quantitative estimate of drug-likeness (QED) is 0.788. The van der Waals surface area contributed by atoms with E-state index in [0.29, 0.717) is 50.0 Å². The molecule has 2 heterocycles. The first-order valence-electron chi connectivity index (χ1n) is 9.29. The Morgan fingerprint density at radius 1 is 1.11 bits per heavy atom. The van der Waals surface area contributed by atoms with Crippen LogP contribution >= 0.6 is 11.6 Å². The highest BCUT2D eigenvalue weighted by atomic mass is 35.5. The van der Waals surface area contributed by atoms with Gasteiger partial charge in [-0.3, -0.25) is 9.69 Å². The zero-order valence-corrected chi connectivity index (χ0v) is 16.2. The van der Waals surface area contributed by atoms with Gasteiger partial charge in [0.2, 0.25) is 0 Å². The average Bonchev–Trinajstić information content (AvgIpc) is 2.85. The Bertz CT molecular complexity index is 831. The SMILES string of the molecule is O=C1COCC2(CN(Cc3c(F)cccc3Cl)CCO2)CN1c1ccccc1. The molecule has 2 fully saturated rings. The van der Waals surface area contributed by atoms with Crippen LogP contribution in [0.3, 0.4) is 0 Å². The van der Waals surface area contributed by atoms with Crippen molar-refractivity contribution in [2.45, 2.75) is 12.1 Å². The van der Waals surface area contributed by atoms with Crippen molar-refractivity contribution < 1.29 is 18.7 Å². The average molecular weight is 405 g/mol. The number of hydrogen-bond donors (Lipinski definition) is 0. The largest absolute Gasteiger partial charge is 0.368 e. The van der Waals surface area contributed by atoms with Crippen LogP contribution in [0.5, 0.6) is 0 Å². The summed E-state index contributed by atoms with van der Waals surface area (Å²) in [5.41, 5.74) is 0.625. The van der Waals surface area contributed by atoms with Gasteiger partial charge in [0.1, 0.15) is 18.0 Å². The number of carbonyl (C=O) groups excluding carboxylic acids is 1. The van der Waals surface area contributed by atoms with Gasteiger partial charge in [0, 0.05) is 35.9 Å². The van der Waals surface area contributed by atoms with Crippen molar-refractivity contribution in [2.24, 2.45) is 0 Å². The van der Waals surface area contributed by atoms with Crippen LogP contribution in [0.15, 0.2) is 48.5 Å². The number of nitrogens with zero attached hydrogens (tertiary/aromatic N) is 2. The van der Waals surface area contributed by atoms with E-state index in [4.69, 9.17) is 21.1 Å². The smallest absolute Gasteiger partial charge is 0.253 e. The third-order valence-electron chi connectivity index (χ3n) is 5.18. The topological polar surface area (TPSA) is 42.0 Å². The molecule has 0 saturated carbocycles. The lowest BCUT2D eigenvalue weighted by Gasteiger charge is -2.43. The number of carbonyl (C=O) groups is 1. The molecule has 2 aromatic rings. The molecule has 0 radical (unpaired) electrons. The van der Waals surface area contributed by atoms with E-state index in [9.17, 15) is 9.18 Å². The summed E-state index contributed by atoms with van der Waals surface area (Å²) in [5, 5.41) is 0.416.